The van der Waals surface area contributed by atoms with Gasteiger partial charge in [0.1, 0.15) is 24.8 Å². The first kappa shape index (κ1) is 43.4. The Hall–Kier alpha value is -4.58. The molecule has 16 nitrogen and oxygen atoms in total. The lowest BCUT2D eigenvalue weighted by Gasteiger charge is -2.21. The number of hydrazone groups is 2. The van der Waals surface area contributed by atoms with Crippen molar-refractivity contribution in [1.29, 1.82) is 0 Å². The zero-order valence-corrected chi connectivity index (χ0v) is 31.6. The highest BCUT2D eigenvalue weighted by atomic mass is 19.4. The first-order valence-electron chi connectivity index (χ1n) is 15.9. The second-order valence-corrected chi connectivity index (χ2v) is 13.6. The Morgan fingerprint density at radius 3 is 1.66 bits per heavy atom. The molecular formula is C31H53F3N12O4. The van der Waals surface area contributed by atoms with Gasteiger partial charge in [-0.25, -0.2) is 19.5 Å². The minimum absolute atomic E-state index is 0.0443. The fourth-order valence-corrected chi connectivity index (χ4v) is 4.82. The van der Waals surface area contributed by atoms with Crippen molar-refractivity contribution in [3.8, 4) is 0 Å². The Balaban J connectivity index is 0.000000326. The number of hydrogen-bond acceptors (Lipinski definition) is 11. The molecule has 3 amide bonds. The Bertz CT molecular complexity index is 1480. The quantitative estimate of drug-likeness (QED) is 0.493. The maximum atomic E-state index is 12.2. The van der Waals surface area contributed by atoms with Crippen LogP contribution in [-0.2, 0) is 28.4 Å². The number of anilines is 1. The number of rotatable bonds is 3. The summed E-state index contributed by atoms with van der Waals surface area (Å²) in [7, 11) is 7.07. The van der Waals surface area contributed by atoms with Crippen LogP contribution in [0.3, 0.4) is 0 Å². The maximum Gasteiger partial charge on any atom is 0.409 e. The molecule has 19 heteroatoms. The van der Waals surface area contributed by atoms with Crippen LogP contribution >= 0.6 is 0 Å². The summed E-state index contributed by atoms with van der Waals surface area (Å²) in [5.41, 5.74) is 5.40. The van der Waals surface area contributed by atoms with Crippen molar-refractivity contribution in [2.24, 2.45) is 47.0 Å². The molecule has 0 aromatic carbocycles. The minimum atomic E-state index is -4.42. The van der Waals surface area contributed by atoms with Crippen molar-refractivity contribution in [3.05, 3.63) is 18.1 Å². The molecule has 0 spiro atoms. The number of alkyl halides is 3. The van der Waals surface area contributed by atoms with Crippen LogP contribution in [0.15, 0.2) is 22.5 Å². The van der Waals surface area contributed by atoms with E-state index in [-0.39, 0.29) is 24.0 Å². The van der Waals surface area contributed by atoms with Gasteiger partial charge in [-0.05, 0) is 69.9 Å². The average Bonchev–Trinajstić information content (AvgIpc) is 3.75. The smallest absolute Gasteiger partial charge is 0.409 e. The third-order valence-electron chi connectivity index (χ3n) is 7.75. The number of tetrazole rings is 1. The van der Waals surface area contributed by atoms with Gasteiger partial charge in [-0.2, -0.15) is 28.5 Å². The summed E-state index contributed by atoms with van der Waals surface area (Å²) >= 11 is 0. The van der Waals surface area contributed by atoms with Crippen LogP contribution in [0.25, 0.3) is 0 Å². The van der Waals surface area contributed by atoms with Gasteiger partial charge in [-0.3, -0.25) is 14.3 Å². The Morgan fingerprint density at radius 1 is 0.940 bits per heavy atom. The number of nitrogen functional groups attached to an aromatic ring is 1. The van der Waals surface area contributed by atoms with Gasteiger partial charge in [-0.1, -0.05) is 27.7 Å². The third kappa shape index (κ3) is 12.1. The number of carbonyl (C=O) groups excluding carboxylic acids is 3. The van der Waals surface area contributed by atoms with E-state index in [2.05, 4.69) is 49.4 Å². The number of aryl methyl sites for hydroxylation is 3. The molecule has 0 unspecified atom stereocenters. The summed E-state index contributed by atoms with van der Waals surface area (Å²) in [6.45, 7) is 17.8. The number of likely N-dealkylation sites (N-methyl/N-ethyl adjacent to an activating group) is 1. The van der Waals surface area contributed by atoms with Gasteiger partial charge < -0.3 is 15.4 Å². The van der Waals surface area contributed by atoms with E-state index in [1.165, 1.54) is 5.01 Å². The van der Waals surface area contributed by atoms with E-state index < -0.39 is 29.5 Å². The van der Waals surface area contributed by atoms with Crippen LogP contribution in [0.1, 0.15) is 68.1 Å². The summed E-state index contributed by atoms with van der Waals surface area (Å²) < 4.78 is 44.5. The normalized spacial score (nSPS) is 19.1. The SMILES string of the molecule is CC(C)C1=NN(C)C(=O)C1(C)C.CC(C)C1=NN(CC(F)(F)F)C(=O)C1(C)C.C[C@H]1COC(=O)N1C.Cc1nnnn1C.Cn1ccc(N)n1. The van der Waals surface area contributed by atoms with Crippen molar-refractivity contribution in [3.63, 3.8) is 0 Å². The molecule has 3 aliphatic rings. The number of aromatic nitrogens is 6. The maximum absolute atomic E-state index is 12.2. The minimum Gasteiger partial charge on any atom is -0.447 e. The summed E-state index contributed by atoms with van der Waals surface area (Å²) in [6, 6.07) is 2.00. The van der Waals surface area contributed by atoms with E-state index in [4.69, 9.17) is 5.73 Å². The highest BCUT2D eigenvalue weighted by Gasteiger charge is 2.47. The highest BCUT2D eigenvalue weighted by Crippen LogP contribution is 2.34. The van der Waals surface area contributed by atoms with E-state index >= 15 is 0 Å². The largest absolute Gasteiger partial charge is 0.447 e. The second kappa shape index (κ2) is 17.4. The molecule has 0 aliphatic carbocycles. The van der Waals surface area contributed by atoms with Crippen molar-refractivity contribution < 1.29 is 32.3 Å². The zero-order chi connectivity index (χ0) is 38.9. The molecule has 2 aromatic heterocycles. The molecule has 3 aliphatic heterocycles. The van der Waals surface area contributed by atoms with Crippen LogP contribution in [0, 0.1) is 29.6 Å². The van der Waals surface area contributed by atoms with Crippen LogP contribution in [-0.4, -0.2) is 114 Å². The molecule has 50 heavy (non-hydrogen) atoms. The van der Waals surface area contributed by atoms with Crippen molar-refractivity contribution in [1.82, 2.24) is 44.9 Å². The van der Waals surface area contributed by atoms with Gasteiger partial charge in [-0.15, -0.1) is 5.10 Å². The second-order valence-electron chi connectivity index (χ2n) is 13.6. The van der Waals surface area contributed by atoms with Crippen LogP contribution in [0.4, 0.5) is 23.8 Å². The van der Waals surface area contributed by atoms with Gasteiger partial charge in [0.15, 0.2) is 0 Å². The topological polar surface area (TPSA) is 182 Å². The molecule has 2 N–H and O–H groups in total. The standard InChI is InChI=1S/C10H15F3N2O.C9H16N2O.C5H9NO2.C4H7N3.C3H6N4/c1-6(2)7-9(3,4)8(16)15(14-7)5-10(11,12)13;1-6(2)7-9(3,4)8(12)11(5)10-7;1-4-3-8-5(7)6(4)2;1-7-3-2-4(5)6-7;1-3-4-5-6-7(3)2/h6H,5H2,1-4H3;6H,1-5H3;4H,3H2,1-2H3;2-3H,1H3,(H2,5,6);1-2H3/t;;4-;;/m..0../s1. The lowest BCUT2D eigenvalue weighted by Crippen LogP contribution is -2.39. The predicted octanol–water partition coefficient (Wildman–Crippen LogP) is 3.90. The van der Waals surface area contributed by atoms with Gasteiger partial charge in [0.25, 0.3) is 11.8 Å². The first-order valence-corrected chi connectivity index (χ1v) is 15.9. The molecule has 5 heterocycles. The van der Waals surface area contributed by atoms with Gasteiger partial charge >= 0.3 is 12.3 Å². The Kier molecular flexibility index (Phi) is 15.1. The van der Waals surface area contributed by atoms with Gasteiger partial charge in [0, 0.05) is 34.4 Å². The van der Waals surface area contributed by atoms with Crippen LogP contribution in [0.2, 0.25) is 0 Å². The van der Waals surface area contributed by atoms with Crippen molar-refractivity contribution in [2.75, 3.05) is 33.0 Å². The molecular weight excluding hydrogens is 661 g/mol. The molecule has 5 rings (SSSR count). The van der Waals surface area contributed by atoms with E-state index in [9.17, 15) is 27.6 Å². The van der Waals surface area contributed by atoms with Gasteiger partial charge in [0.2, 0.25) is 0 Å². The number of ether oxygens (including phenoxy) is 1. The van der Waals surface area contributed by atoms with E-state index in [0.717, 1.165) is 11.5 Å². The Morgan fingerprint density at radius 2 is 1.46 bits per heavy atom. The number of hydrogen-bond donors (Lipinski definition) is 1. The fourth-order valence-electron chi connectivity index (χ4n) is 4.82. The molecule has 1 atom stereocenters. The van der Waals surface area contributed by atoms with Gasteiger partial charge in [0.05, 0.1) is 28.3 Å². The lowest BCUT2D eigenvalue weighted by atomic mass is 9.82. The third-order valence-corrected chi connectivity index (χ3v) is 7.75. The number of nitrogens with zero attached hydrogens (tertiary/aromatic N) is 11. The van der Waals surface area contributed by atoms with E-state index in [0.29, 0.717) is 29.1 Å². The fraction of sp³-hybridized carbons (Fsp3) is 0.710. The number of halogens is 3. The van der Waals surface area contributed by atoms with Crippen LogP contribution in [0.5, 0.6) is 0 Å². The lowest BCUT2D eigenvalue weighted by molar-refractivity contribution is -0.162. The number of carbonyl (C=O) groups is 3. The molecule has 2 aromatic rings. The molecule has 282 valence electrons. The zero-order valence-electron chi connectivity index (χ0n) is 31.6. The Labute approximate surface area is 291 Å². The predicted molar refractivity (Wildman–Crippen MR) is 182 cm³/mol. The highest BCUT2D eigenvalue weighted by molar-refractivity contribution is 6.12. The molecule has 1 saturated heterocycles. The summed E-state index contributed by atoms with van der Waals surface area (Å²) in [6.07, 6.45) is -2.82. The van der Waals surface area contributed by atoms with Crippen LogP contribution < -0.4 is 5.73 Å². The number of cyclic esters (lactones) is 1. The first-order chi connectivity index (χ1) is 22.7. The summed E-state index contributed by atoms with van der Waals surface area (Å²) in [5.74, 6) is 1.20. The average molecular weight is 715 g/mol. The number of amides is 3. The number of nitrogens with two attached hydrogens (primary N) is 1. The molecule has 0 radical (unpaired) electrons. The molecule has 1 fully saturated rings. The molecule has 0 bridgehead atoms. The molecule has 0 saturated carbocycles. The van der Waals surface area contributed by atoms with E-state index in [1.807, 2.05) is 48.6 Å². The summed E-state index contributed by atoms with van der Waals surface area (Å²) in [4.78, 5) is 35.4. The van der Waals surface area contributed by atoms with Crippen molar-refractivity contribution in [2.45, 2.75) is 81.5 Å². The van der Waals surface area contributed by atoms with Crippen molar-refractivity contribution >= 4 is 35.1 Å². The summed E-state index contributed by atoms with van der Waals surface area (Å²) in [5, 5.41) is 24.4. The monoisotopic (exact) mass is 714 g/mol. The van der Waals surface area contributed by atoms with E-state index in [1.54, 1.807) is 61.5 Å².